The third-order valence-electron chi connectivity index (χ3n) is 18.0. The largest absolute Gasteiger partial charge is 0.506 e. The fourth-order valence-corrected chi connectivity index (χ4v) is 12.8. The number of ether oxygens (including phenoxy) is 7. The number of carbonyl (C=O) groups excluding carboxylic acids is 4. The van der Waals surface area contributed by atoms with Crippen LogP contribution in [0.25, 0.3) is 16.6 Å². The molecule has 3 saturated heterocycles. The summed E-state index contributed by atoms with van der Waals surface area (Å²) in [7, 11) is 1.55. The van der Waals surface area contributed by atoms with Crippen molar-refractivity contribution in [1.82, 2.24) is 69.1 Å². The zero-order valence-corrected chi connectivity index (χ0v) is 82.6. The van der Waals surface area contributed by atoms with Gasteiger partial charge < -0.3 is 49.3 Å². The van der Waals surface area contributed by atoms with Gasteiger partial charge in [-0.05, 0) is 280 Å². The van der Waals surface area contributed by atoms with Crippen LogP contribution in [0.3, 0.4) is 0 Å². The number of esters is 2. The van der Waals surface area contributed by atoms with Crippen molar-refractivity contribution in [2.75, 3.05) is 83.2 Å². The van der Waals surface area contributed by atoms with Gasteiger partial charge in [0.05, 0.1) is 67.5 Å². The number of hydrogen-bond acceptors (Lipinski definition) is 28. The van der Waals surface area contributed by atoms with Gasteiger partial charge in [-0.2, -0.15) is 14.9 Å². The average molecular weight is 2050 g/mol. The molecule has 128 heavy (non-hydrogen) atoms. The maximum atomic E-state index is 14.7. The van der Waals surface area contributed by atoms with Crippen molar-refractivity contribution in [3.63, 3.8) is 0 Å². The summed E-state index contributed by atoms with van der Waals surface area (Å²) in [5.41, 5.74) is 3.17. The van der Waals surface area contributed by atoms with E-state index in [4.69, 9.17) is 102 Å². The predicted octanol–water partition coefficient (Wildman–Crippen LogP) is 17.9. The maximum Gasteiger partial charge on any atom is 0.349 e. The molecule has 3 aliphatic rings. The van der Waals surface area contributed by atoms with E-state index in [9.17, 15) is 33.2 Å². The molecule has 12 heterocycles. The molecule has 30 nitrogen and oxygen atoms in total. The van der Waals surface area contributed by atoms with Crippen LogP contribution in [0.5, 0.6) is 34.5 Å². The van der Waals surface area contributed by atoms with Gasteiger partial charge in [0.2, 0.25) is 0 Å². The fraction of sp³-hybridized carbons (Fsp3) is 0.433. The van der Waals surface area contributed by atoms with Crippen LogP contribution < -0.4 is 45.9 Å². The van der Waals surface area contributed by atoms with Gasteiger partial charge in [-0.3, -0.25) is 38.7 Å². The summed E-state index contributed by atoms with van der Waals surface area (Å²) < 4.78 is 55.2. The topological polar surface area (TPSA) is 361 Å². The SMILES string of the molecule is CC(C)(C)c1cc(F)c2c(=O)n(-c3nccc(I)c3C=O)ncc2c1.CC(C)(C=O)Oc1ccc(Cl)nc1.CC(C)(CN1CCC1)Oc1ccc(Cl)nc1.CC(C)(CN1CCC1)Oc1ccc(N)nc1.CCOC(=O)C(C)(C)Br.CCOC(=O)C(C)(C)Oc1ccc(Cl)nc1.Cn1nc(Cl)cc(Nc2ccc(OC(C)(C)CN3CCC3)cn2)c1=O.Oc1ccc(Cl)nc1. The lowest BCUT2D eigenvalue weighted by Gasteiger charge is -2.38. The molecule has 0 bridgehead atoms. The minimum atomic E-state index is -1.04. The molecule has 4 N–H and O–H groups in total. The predicted molar refractivity (Wildman–Crippen MR) is 510 cm³/mol. The van der Waals surface area contributed by atoms with E-state index in [-0.39, 0.29) is 61.4 Å². The highest BCUT2D eigenvalue weighted by Crippen LogP contribution is 2.31. The summed E-state index contributed by atoms with van der Waals surface area (Å²) in [6.45, 7) is 42.7. The molecular formula is C90H112BrCl5FIN16O14. The first-order chi connectivity index (χ1) is 59.9. The molecule has 38 heteroatoms. The Labute approximate surface area is 793 Å². The van der Waals surface area contributed by atoms with Crippen molar-refractivity contribution in [1.29, 1.82) is 0 Å². The molecule has 692 valence electrons. The lowest BCUT2D eigenvalue weighted by atomic mass is 9.86. The maximum absolute atomic E-state index is 14.7. The van der Waals surface area contributed by atoms with Crippen molar-refractivity contribution < 1.29 is 61.8 Å². The molecule has 0 saturated carbocycles. The number of benzene rings is 1. The number of aromatic nitrogens is 11. The molecule has 0 aliphatic carbocycles. The van der Waals surface area contributed by atoms with E-state index >= 15 is 0 Å². The van der Waals surface area contributed by atoms with E-state index < -0.39 is 32.9 Å². The molecule has 0 spiro atoms. The third-order valence-corrected chi connectivity index (χ3v) is 20.3. The van der Waals surface area contributed by atoms with E-state index in [2.05, 4.69) is 123 Å². The molecule has 13 rings (SSSR count). The number of likely N-dealkylation sites (tertiary alicyclic amines) is 3. The second-order valence-corrected chi connectivity index (χ2v) is 38.6. The molecule has 3 fully saturated rings. The molecule has 9 aromatic heterocycles. The molecule has 0 unspecified atom stereocenters. The van der Waals surface area contributed by atoms with Crippen molar-refractivity contribution in [2.45, 2.75) is 175 Å². The van der Waals surface area contributed by atoms with Crippen LogP contribution >= 0.6 is 96.5 Å². The molecular weight excluding hydrogens is 1930 g/mol. The van der Waals surface area contributed by atoms with Gasteiger partial charge in [0, 0.05) is 47.9 Å². The van der Waals surface area contributed by atoms with Crippen molar-refractivity contribution in [3.05, 3.63) is 214 Å². The number of aromatic hydroxyl groups is 1. The summed E-state index contributed by atoms with van der Waals surface area (Å²) in [6.07, 6.45) is 17.3. The van der Waals surface area contributed by atoms with E-state index in [1.807, 2.05) is 61.6 Å². The molecule has 3 aliphatic heterocycles. The van der Waals surface area contributed by atoms with Gasteiger partial charge in [-0.25, -0.2) is 48.8 Å². The number of carbonyl (C=O) groups is 4. The number of nitrogens with zero attached hydrogens (tertiary/aromatic N) is 14. The minimum Gasteiger partial charge on any atom is -0.506 e. The van der Waals surface area contributed by atoms with Gasteiger partial charge in [0.25, 0.3) is 11.1 Å². The number of aldehydes is 2. The first-order valence-corrected chi connectivity index (χ1v) is 44.5. The number of rotatable bonds is 25. The van der Waals surface area contributed by atoms with Gasteiger partial charge >= 0.3 is 11.9 Å². The Bertz CT molecular complexity index is 5250. The van der Waals surface area contributed by atoms with Crippen LogP contribution in [0.15, 0.2) is 156 Å². The lowest BCUT2D eigenvalue weighted by molar-refractivity contribution is -0.158. The van der Waals surface area contributed by atoms with Gasteiger partial charge in [-0.1, -0.05) is 94.7 Å². The van der Waals surface area contributed by atoms with Gasteiger partial charge in [0.1, 0.15) is 99.4 Å². The summed E-state index contributed by atoms with van der Waals surface area (Å²) in [4.78, 5) is 104. The highest BCUT2D eigenvalue weighted by Gasteiger charge is 2.33. The number of halogens is 8. The van der Waals surface area contributed by atoms with E-state index in [1.54, 1.807) is 136 Å². The minimum absolute atomic E-state index is 0.0690. The fourth-order valence-electron chi connectivity index (χ4n) is 11.5. The van der Waals surface area contributed by atoms with E-state index in [0.29, 0.717) is 83.6 Å². The Hall–Kier alpha value is -9.56. The number of nitrogens with two attached hydrogens (primary N) is 1. The monoisotopic (exact) mass is 2040 g/mol. The third kappa shape index (κ3) is 37.1. The molecule has 1 aromatic carbocycles. The van der Waals surface area contributed by atoms with Crippen molar-refractivity contribution >= 4 is 149 Å². The smallest absolute Gasteiger partial charge is 0.349 e. The van der Waals surface area contributed by atoms with Crippen LogP contribution in [-0.4, -0.2) is 203 Å². The van der Waals surface area contributed by atoms with Crippen LogP contribution in [0.2, 0.25) is 25.8 Å². The Morgan fingerprint density at radius 1 is 0.547 bits per heavy atom. The summed E-state index contributed by atoms with van der Waals surface area (Å²) in [6, 6.07) is 26.6. The summed E-state index contributed by atoms with van der Waals surface area (Å²) in [5, 5.41) is 21.8. The number of hydrogen-bond donors (Lipinski definition) is 3. The van der Waals surface area contributed by atoms with Gasteiger partial charge in [-0.15, -0.1) is 0 Å². The molecule has 10 aromatic rings. The summed E-state index contributed by atoms with van der Waals surface area (Å²) >= 11 is 33.4. The number of nitrogens with one attached hydrogen (secondary N) is 1. The lowest BCUT2D eigenvalue weighted by Crippen LogP contribution is -2.48. The van der Waals surface area contributed by atoms with E-state index in [1.165, 1.54) is 105 Å². The number of fused-ring (bicyclic) bond motifs is 1. The Kier molecular flexibility index (Phi) is 41.4. The van der Waals surface area contributed by atoms with Crippen LogP contribution in [-0.2, 0) is 36.3 Å². The second kappa shape index (κ2) is 49.5. The first kappa shape index (κ1) is 107. The van der Waals surface area contributed by atoms with Crippen LogP contribution in [0.1, 0.15) is 153 Å². The molecule has 0 atom stereocenters. The summed E-state index contributed by atoms with van der Waals surface area (Å²) in [5.74, 6) is 3.29. The second-order valence-electron chi connectivity index (χ2n) is 33.5. The number of nitrogen functional groups attached to an aromatic ring is 1. The number of anilines is 3. The normalized spacial score (nSPS) is 13.3. The number of alkyl halides is 1. The zero-order valence-electron chi connectivity index (χ0n) is 75.0. The zero-order chi connectivity index (χ0) is 95.1. The number of pyridine rings is 7. The Morgan fingerprint density at radius 3 is 1.36 bits per heavy atom. The quantitative estimate of drug-likeness (QED) is 0.0157. The van der Waals surface area contributed by atoms with Gasteiger partial charge in [0.15, 0.2) is 34.7 Å². The van der Waals surface area contributed by atoms with Crippen molar-refractivity contribution in [3.8, 4) is 40.3 Å². The van der Waals surface area contributed by atoms with Crippen molar-refractivity contribution in [2.24, 2.45) is 7.05 Å². The number of aryl methyl sites for hydroxylation is 1. The van der Waals surface area contributed by atoms with Crippen LogP contribution in [0, 0.1) is 9.39 Å². The average Bonchev–Trinajstić information content (AvgIpc) is 0.759. The standard InChI is InChI=1S/C18H15FIN3O2.C17H22ClN5O2.C12H17ClN2O.C12H19N3O.C11H14ClNO3.C9H10ClNO2.C6H11BrO2.C5H4ClNO/c1-18(2,3)11-6-10-8-22-23(17(25)15(10)13(19)7-11)16-12(9-24)14(20)4-5-21-16;1-17(2,11-23-7-4-8-23)25-12-5-6-15(19-10-12)20-13-9-14(18)21-22(3)16(13)24;2*1-12(2,9-15-6-3-7-15)16-10-4-5-11(13)14-8-10;1-4-15-10(14)11(2,3)16-8-5-6-9(12)13-7-8;1-9(2,6-12)13-7-3-4-8(10)11-5-7;1-4-9-5(8)6(2,3)7;6-5-2-1-4(8)3-7-5/h4-9H,1-3H3;5-6,9-10H,4,7-8,11H2,1-3H3,(H,19,20);4-5,8H,3,6-7,9H2,1-2H3;4-5,8H,3,6-7,9H2,1-2H3,(H2,13,14);5-7H,4H2,1-3H3;3-6H,1-2H3;4H2,1-3H3;1-3,8H. The van der Waals surface area contributed by atoms with E-state index in [0.717, 1.165) is 60.8 Å². The highest BCUT2D eigenvalue weighted by molar-refractivity contribution is 14.1. The highest BCUT2D eigenvalue weighted by atomic mass is 127. The first-order valence-electron chi connectivity index (χ1n) is 40.7. The van der Waals surface area contributed by atoms with Crippen LogP contribution in [0.4, 0.5) is 21.7 Å². The molecule has 0 radical (unpaired) electrons. The Morgan fingerprint density at radius 2 is 0.984 bits per heavy atom. The Balaban J connectivity index is 0.000000231. The molecule has 0 amide bonds.